The molecular weight excluding hydrogens is 354 g/mol. The highest BCUT2D eigenvalue weighted by Crippen LogP contribution is 2.25. The van der Waals surface area contributed by atoms with Crippen molar-refractivity contribution in [1.82, 2.24) is 34.9 Å². The van der Waals surface area contributed by atoms with Gasteiger partial charge in [0.2, 0.25) is 0 Å². The zero-order valence-corrected chi connectivity index (χ0v) is 15.8. The molecule has 0 radical (unpaired) electrons. The largest absolute Gasteiger partial charge is 0.335 e. The molecule has 1 aliphatic rings. The normalized spacial score (nSPS) is 18.0. The third-order valence-corrected chi connectivity index (χ3v) is 4.92. The molecule has 3 aromatic rings. The fourth-order valence-electron chi connectivity index (χ4n) is 3.55. The van der Waals surface area contributed by atoms with Crippen LogP contribution >= 0.6 is 0 Å². The Morgan fingerprint density at radius 2 is 2.07 bits per heavy atom. The maximum atomic E-state index is 13.0. The van der Waals surface area contributed by atoms with E-state index >= 15 is 0 Å². The van der Waals surface area contributed by atoms with Gasteiger partial charge in [-0.25, -0.2) is 9.97 Å². The number of nitrogens with zero attached hydrogens (tertiary/aromatic N) is 6. The monoisotopic (exact) mass is 377 g/mol. The first-order valence-corrected chi connectivity index (χ1v) is 9.43. The first kappa shape index (κ1) is 18.2. The first-order chi connectivity index (χ1) is 13.7. The SMILES string of the molecule is Cc1nc(C2CN(C(=O)c3cnccn3)CCCN2Cc2ccccc2)n[nH]1. The quantitative estimate of drug-likeness (QED) is 0.748. The molecule has 1 aliphatic heterocycles. The van der Waals surface area contributed by atoms with Gasteiger partial charge in [-0.2, -0.15) is 5.10 Å². The second-order valence-electron chi connectivity index (χ2n) is 6.95. The summed E-state index contributed by atoms with van der Waals surface area (Å²) in [6.45, 7) is 4.71. The van der Waals surface area contributed by atoms with E-state index in [0.29, 0.717) is 24.6 Å². The van der Waals surface area contributed by atoms with E-state index < -0.39 is 0 Å². The van der Waals surface area contributed by atoms with Crippen molar-refractivity contribution in [3.8, 4) is 0 Å². The molecule has 1 atom stereocenters. The Balaban J connectivity index is 1.60. The molecule has 28 heavy (non-hydrogen) atoms. The van der Waals surface area contributed by atoms with Crippen molar-refractivity contribution >= 4 is 5.91 Å². The molecule has 144 valence electrons. The van der Waals surface area contributed by atoms with Crippen LogP contribution in [0.2, 0.25) is 0 Å². The smallest absolute Gasteiger partial charge is 0.274 e. The lowest BCUT2D eigenvalue weighted by molar-refractivity contribution is 0.0720. The predicted molar refractivity (Wildman–Crippen MR) is 103 cm³/mol. The van der Waals surface area contributed by atoms with Gasteiger partial charge in [-0.1, -0.05) is 30.3 Å². The fraction of sp³-hybridized carbons (Fsp3) is 0.350. The summed E-state index contributed by atoms with van der Waals surface area (Å²) in [7, 11) is 0. The van der Waals surface area contributed by atoms with Crippen LogP contribution in [0.25, 0.3) is 0 Å². The summed E-state index contributed by atoms with van der Waals surface area (Å²) in [6, 6.07) is 10.3. The molecule has 8 nitrogen and oxygen atoms in total. The van der Waals surface area contributed by atoms with Gasteiger partial charge in [0.25, 0.3) is 5.91 Å². The zero-order valence-electron chi connectivity index (χ0n) is 15.8. The average molecular weight is 377 g/mol. The molecule has 1 amide bonds. The molecule has 2 aromatic heterocycles. The van der Waals surface area contributed by atoms with Crippen molar-refractivity contribution in [2.45, 2.75) is 25.9 Å². The van der Waals surface area contributed by atoms with E-state index in [0.717, 1.165) is 25.3 Å². The summed E-state index contributed by atoms with van der Waals surface area (Å²) < 4.78 is 0. The number of rotatable bonds is 4. The number of hydrogen-bond acceptors (Lipinski definition) is 6. The van der Waals surface area contributed by atoms with Gasteiger partial charge in [0.15, 0.2) is 5.82 Å². The van der Waals surface area contributed by atoms with Crippen LogP contribution in [0, 0.1) is 6.92 Å². The van der Waals surface area contributed by atoms with Crippen LogP contribution < -0.4 is 0 Å². The van der Waals surface area contributed by atoms with Crippen molar-refractivity contribution in [3.63, 3.8) is 0 Å². The Labute approximate surface area is 163 Å². The topological polar surface area (TPSA) is 90.9 Å². The summed E-state index contributed by atoms with van der Waals surface area (Å²) in [5.74, 6) is 1.38. The highest BCUT2D eigenvalue weighted by molar-refractivity contribution is 5.92. The van der Waals surface area contributed by atoms with E-state index in [2.05, 4.69) is 42.2 Å². The number of nitrogens with one attached hydrogen (secondary N) is 1. The van der Waals surface area contributed by atoms with E-state index in [4.69, 9.17) is 0 Å². The number of benzene rings is 1. The molecule has 1 saturated heterocycles. The Kier molecular flexibility index (Phi) is 5.38. The van der Waals surface area contributed by atoms with Crippen LogP contribution in [0.5, 0.6) is 0 Å². The minimum Gasteiger partial charge on any atom is -0.335 e. The summed E-state index contributed by atoms with van der Waals surface area (Å²) in [5, 5.41) is 7.33. The molecule has 0 bridgehead atoms. The molecule has 1 unspecified atom stereocenters. The molecule has 1 N–H and O–H groups in total. The van der Waals surface area contributed by atoms with Crippen molar-refractivity contribution < 1.29 is 4.79 Å². The predicted octanol–water partition coefficient (Wildman–Crippen LogP) is 1.99. The number of amides is 1. The van der Waals surface area contributed by atoms with Crippen molar-refractivity contribution in [1.29, 1.82) is 0 Å². The molecule has 1 aromatic carbocycles. The van der Waals surface area contributed by atoms with Gasteiger partial charge in [0.1, 0.15) is 11.5 Å². The Bertz CT molecular complexity index is 913. The zero-order chi connectivity index (χ0) is 19.3. The summed E-state index contributed by atoms with van der Waals surface area (Å²) >= 11 is 0. The van der Waals surface area contributed by atoms with Crippen LogP contribution in [-0.2, 0) is 6.54 Å². The van der Waals surface area contributed by atoms with E-state index in [1.807, 2.05) is 30.0 Å². The second-order valence-corrected chi connectivity index (χ2v) is 6.95. The van der Waals surface area contributed by atoms with Gasteiger partial charge in [-0.05, 0) is 18.9 Å². The van der Waals surface area contributed by atoms with Gasteiger partial charge >= 0.3 is 0 Å². The average Bonchev–Trinajstić information content (AvgIpc) is 3.05. The van der Waals surface area contributed by atoms with Crippen LogP contribution in [0.1, 0.15) is 40.2 Å². The number of aromatic nitrogens is 5. The van der Waals surface area contributed by atoms with Gasteiger partial charge in [-0.3, -0.25) is 19.8 Å². The summed E-state index contributed by atoms with van der Waals surface area (Å²) in [5.41, 5.74) is 1.59. The van der Waals surface area contributed by atoms with Crippen molar-refractivity contribution in [2.75, 3.05) is 19.6 Å². The van der Waals surface area contributed by atoms with Crippen LogP contribution in [0.4, 0.5) is 0 Å². The van der Waals surface area contributed by atoms with Crippen molar-refractivity contribution in [2.24, 2.45) is 0 Å². The number of carbonyl (C=O) groups excluding carboxylic acids is 1. The van der Waals surface area contributed by atoms with Crippen LogP contribution in [0.3, 0.4) is 0 Å². The Hall–Kier alpha value is -3.13. The first-order valence-electron chi connectivity index (χ1n) is 9.43. The van der Waals surface area contributed by atoms with E-state index in [1.165, 1.54) is 11.8 Å². The highest BCUT2D eigenvalue weighted by atomic mass is 16.2. The number of aryl methyl sites for hydroxylation is 1. The Morgan fingerprint density at radius 1 is 1.21 bits per heavy atom. The molecule has 1 fully saturated rings. The Morgan fingerprint density at radius 3 is 2.79 bits per heavy atom. The van der Waals surface area contributed by atoms with Gasteiger partial charge < -0.3 is 4.90 Å². The lowest BCUT2D eigenvalue weighted by Gasteiger charge is -2.29. The molecule has 3 heterocycles. The maximum absolute atomic E-state index is 13.0. The highest BCUT2D eigenvalue weighted by Gasteiger charge is 2.32. The number of H-pyrrole nitrogens is 1. The number of aromatic amines is 1. The minimum absolute atomic E-state index is 0.0896. The molecule has 0 spiro atoms. The van der Waals surface area contributed by atoms with E-state index in [9.17, 15) is 4.79 Å². The third kappa shape index (κ3) is 4.07. The van der Waals surface area contributed by atoms with Gasteiger partial charge in [0, 0.05) is 38.6 Å². The van der Waals surface area contributed by atoms with Crippen LogP contribution in [-0.4, -0.2) is 60.5 Å². The van der Waals surface area contributed by atoms with E-state index in [1.54, 1.807) is 12.4 Å². The lowest BCUT2D eigenvalue weighted by atomic mass is 10.1. The standard InChI is InChI=1S/C20H23N7O/c1-15-23-19(25-24-15)18-14-27(20(28)17-12-21-8-9-22-17)11-5-10-26(18)13-16-6-3-2-4-7-16/h2-4,6-9,12,18H,5,10-11,13-14H2,1H3,(H,23,24,25). The molecule has 0 saturated carbocycles. The fourth-order valence-corrected chi connectivity index (χ4v) is 3.55. The molecular formula is C20H23N7O. The molecule has 0 aliphatic carbocycles. The van der Waals surface area contributed by atoms with Crippen LogP contribution in [0.15, 0.2) is 48.9 Å². The molecule has 4 rings (SSSR count). The van der Waals surface area contributed by atoms with E-state index in [-0.39, 0.29) is 11.9 Å². The second kappa shape index (κ2) is 8.26. The number of hydrogen-bond donors (Lipinski definition) is 1. The number of carbonyl (C=O) groups is 1. The minimum atomic E-state index is -0.105. The van der Waals surface area contributed by atoms with Gasteiger partial charge in [0.05, 0.1) is 12.2 Å². The summed E-state index contributed by atoms with van der Waals surface area (Å²) in [4.78, 5) is 29.9. The maximum Gasteiger partial charge on any atom is 0.274 e. The third-order valence-electron chi connectivity index (χ3n) is 4.92. The molecule has 8 heteroatoms. The van der Waals surface area contributed by atoms with Crippen molar-refractivity contribution in [3.05, 3.63) is 71.8 Å². The van der Waals surface area contributed by atoms with Gasteiger partial charge in [-0.15, -0.1) is 0 Å². The summed E-state index contributed by atoms with van der Waals surface area (Å²) in [6.07, 6.45) is 5.50. The lowest BCUT2D eigenvalue weighted by Crippen LogP contribution is -2.38.